The highest BCUT2D eigenvalue weighted by Crippen LogP contribution is 2.28. The van der Waals surface area contributed by atoms with E-state index in [1.54, 1.807) is 6.07 Å². The van der Waals surface area contributed by atoms with Gasteiger partial charge in [-0.05, 0) is 29.8 Å². The van der Waals surface area contributed by atoms with Gasteiger partial charge in [0.25, 0.3) is 0 Å². The summed E-state index contributed by atoms with van der Waals surface area (Å²) in [5, 5.41) is 9.48. The van der Waals surface area contributed by atoms with E-state index in [4.69, 9.17) is 0 Å². The van der Waals surface area contributed by atoms with E-state index >= 15 is 0 Å². The van der Waals surface area contributed by atoms with Crippen LogP contribution in [0, 0.1) is 11.8 Å². The monoisotopic (exact) mass is 275 g/mol. The largest absolute Gasteiger partial charge is 0.465 e. The van der Waals surface area contributed by atoms with E-state index in [-0.39, 0.29) is 0 Å². The van der Waals surface area contributed by atoms with Crippen LogP contribution in [0.25, 0.3) is 6.08 Å². The van der Waals surface area contributed by atoms with Crippen LogP contribution in [0.2, 0.25) is 0 Å². The van der Waals surface area contributed by atoms with Gasteiger partial charge in [0, 0.05) is 5.56 Å². The summed E-state index contributed by atoms with van der Waals surface area (Å²) in [5.74, 6) is 6.04. The molecule has 0 fully saturated rings. The summed E-state index contributed by atoms with van der Waals surface area (Å²) in [4.78, 5) is 12.9. The van der Waals surface area contributed by atoms with Crippen molar-refractivity contribution in [2.45, 2.75) is 6.04 Å². The fourth-order valence-corrected chi connectivity index (χ4v) is 2.29. The minimum atomic E-state index is -1.00. The molecule has 0 aliphatic carbocycles. The Balaban J connectivity index is 1.97. The molecule has 1 unspecified atom stereocenters. The minimum absolute atomic E-state index is 0.474. The van der Waals surface area contributed by atoms with Gasteiger partial charge in [0.1, 0.15) is 6.04 Å². The van der Waals surface area contributed by atoms with Crippen LogP contribution in [-0.2, 0) is 0 Å². The Morgan fingerprint density at radius 2 is 1.76 bits per heavy atom. The second-order valence-corrected chi connectivity index (χ2v) is 4.65. The van der Waals surface area contributed by atoms with Crippen LogP contribution in [-0.4, -0.2) is 17.2 Å². The Morgan fingerprint density at radius 3 is 2.52 bits per heavy atom. The van der Waals surface area contributed by atoms with Gasteiger partial charge in [0.15, 0.2) is 0 Å². The van der Waals surface area contributed by atoms with Crippen molar-refractivity contribution >= 4 is 17.9 Å². The highest BCUT2D eigenvalue weighted by Gasteiger charge is 2.26. The number of fused-ring (bicyclic) bond motifs is 1. The first kappa shape index (κ1) is 13.0. The van der Waals surface area contributed by atoms with Crippen LogP contribution < -0.4 is 4.90 Å². The first-order valence-electron chi connectivity index (χ1n) is 6.62. The Bertz CT molecular complexity index is 754. The molecule has 1 N–H and O–H groups in total. The molecule has 1 aliphatic rings. The molecule has 102 valence electrons. The van der Waals surface area contributed by atoms with Crippen molar-refractivity contribution in [3.05, 3.63) is 71.8 Å². The maximum Gasteiger partial charge on any atom is 0.413 e. The van der Waals surface area contributed by atoms with Crippen LogP contribution in [0.3, 0.4) is 0 Å². The molecule has 1 atom stereocenters. The topological polar surface area (TPSA) is 40.5 Å². The summed E-state index contributed by atoms with van der Waals surface area (Å²) in [6, 6.07) is 16.5. The highest BCUT2D eigenvalue weighted by molar-refractivity contribution is 5.93. The molecule has 1 aliphatic heterocycles. The minimum Gasteiger partial charge on any atom is -0.465 e. The molecule has 21 heavy (non-hydrogen) atoms. The summed E-state index contributed by atoms with van der Waals surface area (Å²) in [7, 11) is 0. The molecular formula is C18H13NO2. The molecule has 3 heteroatoms. The van der Waals surface area contributed by atoms with Crippen LogP contribution in [0.4, 0.5) is 10.5 Å². The molecular weight excluding hydrogens is 262 g/mol. The molecule has 1 amide bonds. The zero-order valence-electron chi connectivity index (χ0n) is 11.2. The van der Waals surface area contributed by atoms with E-state index in [0.717, 1.165) is 11.1 Å². The van der Waals surface area contributed by atoms with Gasteiger partial charge >= 0.3 is 6.09 Å². The van der Waals surface area contributed by atoms with Crippen molar-refractivity contribution in [2.75, 3.05) is 4.90 Å². The zero-order valence-corrected chi connectivity index (χ0v) is 11.2. The molecule has 3 nitrogen and oxygen atoms in total. The van der Waals surface area contributed by atoms with Gasteiger partial charge in [-0.1, -0.05) is 54.3 Å². The number of carbonyl (C=O) groups is 1. The maximum absolute atomic E-state index is 11.6. The molecule has 0 aromatic heterocycles. The Morgan fingerprint density at radius 1 is 1.05 bits per heavy atom. The second kappa shape index (κ2) is 5.56. The smallest absolute Gasteiger partial charge is 0.413 e. The summed E-state index contributed by atoms with van der Waals surface area (Å²) < 4.78 is 0. The number of amides is 1. The lowest BCUT2D eigenvalue weighted by Gasteiger charge is -2.28. The van der Waals surface area contributed by atoms with Crippen LogP contribution in [0.15, 0.2) is 60.7 Å². The lowest BCUT2D eigenvalue weighted by Crippen LogP contribution is -2.39. The Labute approximate surface area is 123 Å². The van der Waals surface area contributed by atoms with Gasteiger partial charge in [-0.3, -0.25) is 4.90 Å². The predicted molar refractivity (Wildman–Crippen MR) is 83.1 cm³/mol. The zero-order chi connectivity index (χ0) is 14.7. The third-order valence-corrected chi connectivity index (χ3v) is 3.28. The first-order valence-corrected chi connectivity index (χ1v) is 6.62. The number of anilines is 1. The third kappa shape index (κ3) is 2.65. The number of nitrogens with zero attached hydrogens (tertiary/aromatic N) is 1. The average Bonchev–Trinajstić information content (AvgIpc) is 2.53. The molecule has 3 rings (SSSR count). The van der Waals surface area contributed by atoms with Crippen molar-refractivity contribution in [3.63, 3.8) is 0 Å². The lowest BCUT2D eigenvalue weighted by atomic mass is 10.0. The number of para-hydroxylation sites is 1. The van der Waals surface area contributed by atoms with Crippen LogP contribution in [0.5, 0.6) is 0 Å². The maximum atomic E-state index is 11.6. The van der Waals surface area contributed by atoms with Gasteiger partial charge in [-0.15, -0.1) is 0 Å². The first-order chi connectivity index (χ1) is 10.3. The van der Waals surface area contributed by atoms with Crippen molar-refractivity contribution in [1.82, 2.24) is 0 Å². The molecule has 0 bridgehead atoms. The fraction of sp³-hybridized carbons (Fsp3) is 0.0556. The second-order valence-electron chi connectivity index (χ2n) is 4.65. The lowest BCUT2D eigenvalue weighted by molar-refractivity contribution is 0.201. The van der Waals surface area contributed by atoms with Gasteiger partial charge in [0.05, 0.1) is 5.69 Å². The summed E-state index contributed by atoms with van der Waals surface area (Å²) >= 11 is 0. The Kier molecular flexibility index (Phi) is 3.44. The van der Waals surface area contributed by atoms with E-state index in [2.05, 4.69) is 11.8 Å². The SMILES string of the molecule is O=C(O)N1c2ccccc2C=CC1C#Cc1ccccc1. The molecule has 0 saturated heterocycles. The van der Waals surface area contributed by atoms with Gasteiger partial charge in [-0.2, -0.15) is 0 Å². The van der Waals surface area contributed by atoms with Crippen molar-refractivity contribution in [3.8, 4) is 11.8 Å². The molecule has 2 aromatic carbocycles. The normalized spacial score (nSPS) is 15.8. The summed E-state index contributed by atoms with van der Waals surface area (Å²) in [6.07, 6.45) is 2.73. The van der Waals surface area contributed by atoms with Crippen molar-refractivity contribution in [2.24, 2.45) is 0 Å². The number of hydrogen-bond donors (Lipinski definition) is 1. The number of rotatable bonds is 0. The highest BCUT2D eigenvalue weighted by atomic mass is 16.4. The third-order valence-electron chi connectivity index (χ3n) is 3.28. The van der Waals surface area contributed by atoms with E-state index in [1.807, 2.05) is 60.7 Å². The van der Waals surface area contributed by atoms with Crippen molar-refractivity contribution < 1.29 is 9.90 Å². The summed E-state index contributed by atoms with van der Waals surface area (Å²) in [5.41, 5.74) is 2.42. The number of hydrogen-bond acceptors (Lipinski definition) is 1. The number of carboxylic acid groups (broad SMARTS) is 1. The number of benzene rings is 2. The molecule has 0 saturated carbocycles. The molecule has 1 heterocycles. The average molecular weight is 275 g/mol. The summed E-state index contributed by atoms with van der Waals surface area (Å²) in [6.45, 7) is 0. The van der Waals surface area contributed by atoms with Crippen LogP contribution >= 0.6 is 0 Å². The molecule has 0 radical (unpaired) electrons. The molecule has 0 spiro atoms. The van der Waals surface area contributed by atoms with E-state index < -0.39 is 12.1 Å². The quantitative estimate of drug-likeness (QED) is 0.746. The predicted octanol–water partition coefficient (Wildman–Crippen LogP) is 3.62. The van der Waals surface area contributed by atoms with E-state index in [0.29, 0.717) is 5.69 Å². The molecule has 2 aromatic rings. The fourth-order valence-electron chi connectivity index (χ4n) is 2.29. The standard InChI is InChI=1S/C18H13NO2/c20-18(21)19-16(12-10-14-6-2-1-3-7-14)13-11-15-8-4-5-9-17(15)19/h1-9,11,13,16H,(H,20,21). The van der Waals surface area contributed by atoms with E-state index in [1.165, 1.54) is 4.90 Å². The van der Waals surface area contributed by atoms with E-state index in [9.17, 15) is 9.90 Å². The van der Waals surface area contributed by atoms with Gasteiger partial charge < -0.3 is 5.11 Å². The van der Waals surface area contributed by atoms with Crippen molar-refractivity contribution in [1.29, 1.82) is 0 Å². The van der Waals surface area contributed by atoms with Gasteiger partial charge in [-0.25, -0.2) is 4.79 Å². The van der Waals surface area contributed by atoms with Gasteiger partial charge in [0.2, 0.25) is 0 Å². The Hall–Kier alpha value is -2.99. The van der Waals surface area contributed by atoms with Crippen LogP contribution in [0.1, 0.15) is 11.1 Å².